The van der Waals surface area contributed by atoms with Gasteiger partial charge in [0.25, 0.3) is 0 Å². The van der Waals surface area contributed by atoms with Gasteiger partial charge in [0.05, 0.1) is 11.6 Å². The van der Waals surface area contributed by atoms with Crippen LogP contribution in [0.1, 0.15) is 36.8 Å². The fraction of sp³-hybridized carbons (Fsp3) is 0.562. The van der Waals surface area contributed by atoms with E-state index in [1.54, 1.807) is 12.1 Å². The van der Waals surface area contributed by atoms with Gasteiger partial charge in [-0.05, 0) is 62.1 Å². The van der Waals surface area contributed by atoms with Crippen LogP contribution in [0.4, 0.5) is 4.39 Å². The van der Waals surface area contributed by atoms with E-state index in [0.29, 0.717) is 17.7 Å². The normalized spacial score (nSPS) is 18.6. The Labute approximate surface area is 113 Å². The Hall–Kier alpha value is -1.40. The van der Waals surface area contributed by atoms with Gasteiger partial charge >= 0.3 is 0 Å². The molecular formula is C16H19FN2. The summed E-state index contributed by atoms with van der Waals surface area (Å²) in [5, 5.41) is 12.1. The molecule has 0 spiro atoms. The van der Waals surface area contributed by atoms with Crippen molar-refractivity contribution in [3.63, 3.8) is 0 Å². The third-order valence-electron chi connectivity index (χ3n) is 4.33. The number of rotatable bonds is 6. The molecule has 0 amide bonds. The molecule has 0 atom stereocenters. The lowest BCUT2D eigenvalue weighted by Crippen LogP contribution is -2.25. The van der Waals surface area contributed by atoms with Crippen LogP contribution in [0.3, 0.4) is 0 Å². The van der Waals surface area contributed by atoms with Crippen molar-refractivity contribution in [3.8, 4) is 6.07 Å². The molecule has 1 N–H and O–H groups in total. The molecule has 0 bridgehead atoms. The number of nitrogens with one attached hydrogen (secondary N) is 1. The predicted octanol–water partition coefficient (Wildman–Crippen LogP) is 3.22. The Morgan fingerprint density at radius 1 is 1.26 bits per heavy atom. The van der Waals surface area contributed by atoms with Crippen LogP contribution in [-0.4, -0.2) is 6.54 Å². The lowest BCUT2D eigenvalue weighted by Gasteiger charge is -2.16. The van der Waals surface area contributed by atoms with Gasteiger partial charge in [-0.3, -0.25) is 0 Å². The van der Waals surface area contributed by atoms with E-state index in [1.807, 2.05) is 6.07 Å². The first-order valence-electron chi connectivity index (χ1n) is 7.17. The first-order valence-corrected chi connectivity index (χ1v) is 7.17. The van der Waals surface area contributed by atoms with Crippen LogP contribution in [-0.2, 0) is 6.54 Å². The largest absolute Gasteiger partial charge is 0.312 e. The zero-order valence-electron chi connectivity index (χ0n) is 11.0. The summed E-state index contributed by atoms with van der Waals surface area (Å²) in [7, 11) is 0. The Balaban J connectivity index is 1.52. The molecule has 19 heavy (non-hydrogen) atoms. The Bertz CT molecular complexity index is 486. The maximum Gasteiger partial charge on any atom is 0.129 e. The second-order valence-corrected chi connectivity index (χ2v) is 5.89. The summed E-state index contributed by atoms with van der Waals surface area (Å²) in [6.07, 6.45) is 5.53. The number of hydrogen-bond acceptors (Lipinski definition) is 2. The highest BCUT2D eigenvalue weighted by Crippen LogP contribution is 2.48. The average molecular weight is 258 g/mol. The molecule has 3 rings (SSSR count). The lowest BCUT2D eigenvalue weighted by atomic mass is 9.98. The number of nitriles is 1. The van der Waals surface area contributed by atoms with Crippen molar-refractivity contribution in [2.75, 3.05) is 6.54 Å². The smallest absolute Gasteiger partial charge is 0.129 e. The summed E-state index contributed by atoms with van der Waals surface area (Å²) in [4.78, 5) is 0. The molecule has 0 radical (unpaired) electrons. The van der Waals surface area contributed by atoms with Gasteiger partial charge in [0.2, 0.25) is 0 Å². The third-order valence-corrected chi connectivity index (χ3v) is 4.33. The van der Waals surface area contributed by atoms with Crippen LogP contribution in [0.5, 0.6) is 0 Å². The molecule has 2 nitrogen and oxygen atoms in total. The fourth-order valence-electron chi connectivity index (χ4n) is 2.90. The molecule has 0 saturated heterocycles. The highest BCUT2D eigenvalue weighted by molar-refractivity contribution is 5.32. The minimum atomic E-state index is -0.277. The van der Waals surface area contributed by atoms with E-state index >= 15 is 0 Å². The van der Waals surface area contributed by atoms with Gasteiger partial charge in [0, 0.05) is 12.1 Å². The highest BCUT2D eigenvalue weighted by atomic mass is 19.1. The number of nitrogens with zero attached hydrogens (tertiary/aromatic N) is 1. The van der Waals surface area contributed by atoms with Gasteiger partial charge < -0.3 is 5.32 Å². The molecule has 0 heterocycles. The molecule has 0 aliphatic heterocycles. The van der Waals surface area contributed by atoms with Crippen molar-refractivity contribution in [2.45, 2.75) is 32.2 Å². The average Bonchev–Trinajstić information content (AvgIpc) is 3.28. The van der Waals surface area contributed by atoms with Crippen LogP contribution in [0.2, 0.25) is 0 Å². The van der Waals surface area contributed by atoms with E-state index in [2.05, 4.69) is 5.32 Å². The van der Waals surface area contributed by atoms with E-state index in [0.717, 1.165) is 24.3 Å². The minimum Gasteiger partial charge on any atom is -0.312 e. The van der Waals surface area contributed by atoms with Crippen molar-refractivity contribution in [3.05, 3.63) is 35.1 Å². The van der Waals surface area contributed by atoms with Crippen molar-refractivity contribution in [2.24, 2.45) is 17.8 Å². The molecule has 1 aromatic carbocycles. The molecule has 2 aliphatic carbocycles. The summed E-state index contributed by atoms with van der Waals surface area (Å²) in [6.45, 7) is 1.57. The Morgan fingerprint density at radius 3 is 2.47 bits per heavy atom. The Morgan fingerprint density at radius 2 is 1.95 bits per heavy atom. The first-order chi connectivity index (χ1) is 9.28. The van der Waals surface area contributed by atoms with Crippen LogP contribution in [0.15, 0.2) is 18.2 Å². The Kier molecular flexibility index (Phi) is 3.52. The first kappa shape index (κ1) is 12.6. The molecular weight excluding hydrogens is 239 g/mol. The van der Waals surface area contributed by atoms with Gasteiger partial charge in [-0.2, -0.15) is 5.26 Å². The standard InChI is InChI=1S/C16H19FN2/c17-16-7-11(8-18)1-2-14(16)9-19-10-15(12-3-4-12)13-5-6-13/h1-2,7,12-13,15,19H,3-6,9-10H2. The van der Waals surface area contributed by atoms with E-state index in [1.165, 1.54) is 31.7 Å². The van der Waals surface area contributed by atoms with Crippen molar-refractivity contribution < 1.29 is 4.39 Å². The monoisotopic (exact) mass is 258 g/mol. The number of benzene rings is 1. The maximum absolute atomic E-state index is 13.7. The quantitative estimate of drug-likeness (QED) is 0.850. The second kappa shape index (κ2) is 5.30. The second-order valence-electron chi connectivity index (χ2n) is 5.89. The number of halogens is 1. The van der Waals surface area contributed by atoms with E-state index in [-0.39, 0.29) is 5.82 Å². The van der Waals surface area contributed by atoms with E-state index < -0.39 is 0 Å². The van der Waals surface area contributed by atoms with E-state index in [4.69, 9.17) is 5.26 Å². The molecule has 3 heteroatoms. The van der Waals surface area contributed by atoms with E-state index in [9.17, 15) is 4.39 Å². The molecule has 2 fully saturated rings. The predicted molar refractivity (Wildman–Crippen MR) is 71.8 cm³/mol. The van der Waals surface area contributed by atoms with Crippen LogP contribution in [0.25, 0.3) is 0 Å². The summed E-state index contributed by atoms with van der Waals surface area (Å²) in [6, 6.07) is 6.66. The molecule has 1 aromatic rings. The molecule has 100 valence electrons. The summed E-state index contributed by atoms with van der Waals surface area (Å²) < 4.78 is 13.7. The van der Waals surface area contributed by atoms with Crippen LogP contribution >= 0.6 is 0 Å². The number of hydrogen-bond donors (Lipinski definition) is 1. The summed E-state index contributed by atoms with van der Waals surface area (Å²) >= 11 is 0. The molecule has 0 unspecified atom stereocenters. The zero-order chi connectivity index (χ0) is 13.2. The summed E-state index contributed by atoms with van der Waals surface area (Å²) in [5.41, 5.74) is 1.04. The molecule has 2 saturated carbocycles. The lowest BCUT2D eigenvalue weighted by molar-refractivity contribution is 0.377. The maximum atomic E-state index is 13.7. The van der Waals surface area contributed by atoms with Crippen LogP contribution < -0.4 is 5.32 Å². The van der Waals surface area contributed by atoms with Gasteiger partial charge in [0.15, 0.2) is 0 Å². The van der Waals surface area contributed by atoms with Crippen molar-refractivity contribution in [1.82, 2.24) is 5.32 Å². The molecule has 2 aliphatic rings. The van der Waals surface area contributed by atoms with Crippen molar-refractivity contribution >= 4 is 0 Å². The van der Waals surface area contributed by atoms with Gasteiger partial charge in [-0.25, -0.2) is 4.39 Å². The zero-order valence-corrected chi connectivity index (χ0v) is 11.0. The SMILES string of the molecule is N#Cc1ccc(CNCC(C2CC2)C2CC2)c(F)c1. The molecule has 0 aromatic heterocycles. The van der Waals surface area contributed by atoms with Crippen molar-refractivity contribution in [1.29, 1.82) is 5.26 Å². The fourth-order valence-corrected chi connectivity index (χ4v) is 2.90. The van der Waals surface area contributed by atoms with Gasteiger partial charge in [-0.1, -0.05) is 6.07 Å². The minimum absolute atomic E-state index is 0.277. The highest BCUT2D eigenvalue weighted by Gasteiger charge is 2.40. The third kappa shape index (κ3) is 3.13. The van der Waals surface area contributed by atoms with Gasteiger partial charge in [0.1, 0.15) is 5.82 Å². The topological polar surface area (TPSA) is 35.8 Å². The summed E-state index contributed by atoms with van der Waals surface area (Å²) in [5.74, 6) is 2.37. The van der Waals surface area contributed by atoms with Crippen LogP contribution in [0, 0.1) is 34.9 Å². The van der Waals surface area contributed by atoms with Gasteiger partial charge in [-0.15, -0.1) is 0 Å².